The van der Waals surface area contributed by atoms with Gasteiger partial charge < -0.3 is 19.9 Å². The van der Waals surface area contributed by atoms with Gasteiger partial charge in [0, 0.05) is 26.2 Å². The number of nitrogens with zero attached hydrogens (tertiary/aromatic N) is 3. The van der Waals surface area contributed by atoms with Gasteiger partial charge in [-0.15, -0.1) is 0 Å². The number of likely N-dealkylation sites (N-methyl/N-ethyl adjacent to an activating group) is 1. The van der Waals surface area contributed by atoms with Gasteiger partial charge >= 0.3 is 6.09 Å². The van der Waals surface area contributed by atoms with Crippen LogP contribution in [0.2, 0.25) is 0 Å². The second-order valence-corrected chi connectivity index (χ2v) is 8.47. The van der Waals surface area contributed by atoms with Crippen LogP contribution in [0.15, 0.2) is 24.3 Å². The van der Waals surface area contributed by atoms with Gasteiger partial charge in [-0.25, -0.2) is 9.78 Å². The van der Waals surface area contributed by atoms with Gasteiger partial charge in [0.2, 0.25) is 0 Å². The Balaban J connectivity index is 1.71. The van der Waals surface area contributed by atoms with Crippen LogP contribution in [0.4, 0.5) is 9.93 Å². The zero-order valence-electron chi connectivity index (χ0n) is 15.3. The number of carbonyl (C=O) groups excluding carboxylic acids is 1. The van der Waals surface area contributed by atoms with Crippen LogP contribution in [-0.2, 0) is 4.74 Å². The van der Waals surface area contributed by atoms with Crippen molar-refractivity contribution in [2.75, 3.05) is 38.1 Å². The maximum atomic E-state index is 12.0. The summed E-state index contributed by atoms with van der Waals surface area (Å²) in [4.78, 5) is 21.4. The van der Waals surface area contributed by atoms with E-state index in [1.165, 1.54) is 4.70 Å². The minimum atomic E-state index is -0.486. The van der Waals surface area contributed by atoms with Crippen molar-refractivity contribution < 1.29 is 9.53 Å². The molecule has 0 spiro atoms. The third kappa shape index (κ3) is 4.61. The van der Waals surface area contributed by atoms with Gasteiger partial charge in [0.25, 0.3) is 0 Å². The molecule has 0 saturated carbocycles. The predicted octanol–water partition coefficient (Wildman–Crippen LogP) is 2.94. The summed E-state index contributed by atoms with van der Waals surface area (Å²) in [6.07, 6.45) is -0.370. The second kappa shape index (κ2) is 7.17. The summed E-state index contributed by atoms with van der Waals surface area (Å²) in [5.41, 5.74) is 0.542. The highest BCUT2D eigenvalue weighted by Crippen LogP contribution is 2.30. The van der Waals surface area contributed by atoms with E-state index < -0.39 is 5.60 Å². The van der Waals surface area contributed by atoms with E-state index in [0.29, 0.717) is 6.54 Å². The molecule has 1 aliphatic heterocycles. The van der Waals surface area contributed by atoms with Gasteiger partial charge in [0.1, 0.15) is 5.60 Å². The zero-order chi connectivity index (χ0) is 18.0. The smallest absolute Gasteiger partial charge is 0.407 e. The van der Waals surface area contributed by atoms with Crippen LogP contribution < -0.4 is 10.2 Å². The van der Waals surface area contributed by atoms with E-state index in [-0.39, 0.29) is 12.1 Å². The van der Waals surface area contributed by atoms with Crippen LogP contribution >= 0.6 is 11.3 Å². The van der Waals surface area contributed by atoms with E-state index >= 15 is 0 Å². The number of hydrogen-bond donors (Lipinski definition) is 1. The Morgan fingerprint density at radius 3 is 2.84 bits per heavy atom. The number of rotatable bonds is 3. The molecule has 1 aromatic heterocycles. The molecule has 7 heteroatoms. The molecule has 0 aliphatic carbocycles. The van der Waals surface area contributed by atoms with Crippen LogP contribution in [0.3, 0.4) is 0 Å². The van der Waals surface area contributed by atoms with E-state index in [4.69, 9.17) is 9.72 Å². The fourth-order valence-electron chi connectivity index (χ4n) is 2.94. The number of ether oxygens (including phenoxy) is 1. The standard InChI is InChI=1S/C18H26N4O2S/c1-18(2,3)24-17(23)19-11-13-12-21(4)9-10-22(13)16-20-14-7-5-6-8-15(14)25-16/h5-8,13H,9-12H2,1-4H3,(H,19,23)/t13-/m1/s1. The highest BCUT2D eigenvalue weighted by atomic mass is 32.1. The Morgan fingerprint density at radius 2 is 2.12 bits per heavy atom. The molecule has 2 heterocycles. The molecule has 0 bridgehead atoms. The van der Waals surface area contributed by atoms with Crippen molar-refractivity contribution in [2.45, 2.75) is 32.4 Å². The Morgan fingerprint density at radius 1 is 1.36 bits per heavy atom. The number of piperazine rings is 1. The molecule has 136 valence electrons. The lowest BCUT2D eigenvalue weighted by Crippen LogP contribution is -2.56. The molecule has 1 amide bonds. The lowest BCUT2D eigenvalue weighted by atomic mass is 10.2. The number of carbonyl (C=O) groups is 1. The van der Waals surface area contributed by atoms with Gasteiger partial charge in [-0.3, -0.25) is 0 Å². The van der Waals surface area contributed by atoms with E-state index in [1.807, 2.05) is 39.0 Å². The minimum Gasteiger partial charge on any atom is -0.444 e. The number of aromatic nitrogens is 1. The van der Waals surface area contributed by atoms with E-state index in [1.54, 1.807) is 11.3 Å². The molecule has 1 aromatic carbocycles. The molecule has 0 unspecified atom stereocenters. The SMILES string of the molecule is CN1CCN(c2nc3ccccc3s2)[C@H](CNC(=O)OC(C)(C)C)C1. The van der Waals surface area contributed by atoms with Crippen LogP contribution in [0.5, 0.6) is 0 Å². The molecule has 1 fully saturated rings. The van der Waals surface area contributed by atoms with Crippen molar-refractivity contribution in [3.05, 3.63) is 24.3 Å². The number of fused-ring (bicyclic) bond motifs is 1. The number of hydrogen-bond acceptors (Lipinski definition) is 6. The lowest BCUT2D eigenvalue weighted by molar-refractivity contribution is 0.0520. The number of nitrogens with one attached hydrogen (secondary N) is 1. The summed E-state index contributed by atoms with van der Waals surface area (Å²) in [5, 5.41) is 3.93. The summed E-state index contributed by atoms with van der Waals surface area (Å²) >= 11 is 1.71. The average molecular weight is 362 g/mol. The normalized spacial score (nSPS) is 19.2. The van der Waals surface area contributed by atoms with Crippen molar-refractivity contribution in [1.29, 1.82) is 0 Å². The summed E-state index contributed by atoms with van der Waals surface area (Å²) in [7, 11) is 2.11. The fourth-order valence-corrected chi connectivity index (χ4v) is 4.00. The highest BCUT2D eigenvalue weighted by molar-refractivity contribution is 7.22. The summed E-state index contributed by atoms with van der Waals surface area (Å²) in [6, 6.07) is 8.36. The first-order valence-corrected chi connectivity index (χ1v) is 9.41. The third-order valence-electron chi connectivity index (χ3n) is 4.10. The molecular weight excluding hydrogens is 336 g/mol. The molecule has 3 rings (SSSR count). The molecule has 6 nitrogen and oxygen atoms in total. The van der Waals surface area contributed by atoms with E-state index in [2.05, 4.69) is 28.2 Å². The van der Waals surface area contributed by atoms with Crippen molar-refractivity contribution >= 4 is 32.8 Å². The summed E-state index contributed by atoms with van der Waals surface area (Å²) in [5.74, 6) is 0. The number of benzene rings is 1. The largest absolute Gasteiger partial charge is 0.444 e. The predicted molar refractivity (Wildman–Crippen MR) is 102 cm³/mol. The van der Waals surface area contributed by atoms with Gasteiger partial charge in [0.15, 0.2) is 5.13 Å². The quantitative estimate of drug-likeness (QED) is 0.910. The summed E-state index contributed by atoms with van der Waals surface area (Å²) in [6.45, 7) is 8.91. The monoisotopic (exact) mass is 362 g/mol. The first-order valence-electron chi connectivity index (χ1n) is 8.59. The van der Waals surface area contributed by atoms with Crippen molar-refractivity contribution in [3.8, 4) is 0 Å². The Labute approximate surface area is 152 Å². The third-order valence-corrected chi connectivity index (χ3v) is 5.17. The molecule has 1 N–H and O–H groups in total. The zero-order valence-corrected chi connectivity index (χ0v) is 16.1. The Kier molecular flexibility index (Phi) is 5.15. The van der Waals surface area contributed by atoms with Gasteiger partial charge in [-0.05, 0) is 40.0 Å². The van der Waals surface area contributed by atoms with Gasteiger partial charge in [0.05, 0.1) is 16.3 Å². The van der Waals surface area contributed by atoms with Gasteiger partial charge in [-0.1, -0.05) is 23.5 Å². The fraction of sp³-hybridized carbons (Fsp3) is 0.556. The van der Waals surface area contributed by atoms with Gasteiger partial charge in [-0.2, -0.15) is 0 Å². The molecule has 0 radical (unpaired) electrons. The molecule has 1 aliphatic rings. The molecule has 2 aromatic rings. The molecule has 25 heavy (non-hydrogen) atoms. The average Bonchev–Trinajstić information content (AvgIpc) is 2.95. The lowest BCUT2D eigenvalue weighted by Gasteiger charge is -2.40. The topological polar surface area (TPSA) is 57.7 Å². The van der Waals surface area contributed by atoms with Crippen LogP contribution in [0.1, 0.15) is 20.8 Å². The van der Waals surface area contributed by atoms with Crippen molar-refractivity contribution in [2.24, 2.45) is 0 Å². The van der Waals surface area contributed by atoms with Crippen molar-refractivity contribution in [3.63, 3.8) is 0 Å². The number of thiazole rings is 1. The molecule has 1 atom stereocenters. The number of anilines is 1. The second-order valence-electron chi connectivity index (χ2n) is 7.46. The maximum absolute atomic E-state index is 12.0. The molecular formula is C18H26N4O2S. The number of amides is 1. The highest BCUT2D eigenvalue weighted by Gasteiger charge is 2.28. The van der Waals surface area contributed by atoms with Crippen LogP contribution in [-0.4, -0.2) is 60.8 Å². The van der Waals surface area contributed by atoms with E-state index in [9.17, 15) is 4.79 Å². The van der Waals surface area contributed by atoms with E-state index in [0.717, 1.165) is 30.3 Å². The Hall–Kier alpha value is -1.86. The minimum absolute atomic E-state index is 0.173. The van der Waals surface area contributed by atoms with Crippen LogP contribution in [0, 0.1) is 0 Å². The van der Waals surface area contributed by atoms with Crippen LogP contribution in [0.25, 0.3) is 10.2 Å². The maximum Gasteiger partial charge on any atom is 0.407 e. The molecule has 1 saturated heterocycles. The first kappa shape index (κ1) is 17.9. The summed E-state index contributed by atoms with van der Waals surface area (Å²) < 4.78 is 6.54. The number of para-hydroxylation sites is 1. The number of alkyl carbamates (subject to hydrolysis) is 1. The Bertz CT molecular complexity index is 707. The van der Waals surface area contributed by atoms with Crippen molar-refractivity contribution in [1.82, 2.24) is 15.2 Å². The first-order chi connectivity index (χ1) is 11.8.